The Morgan fingerprint density at radius 2 is 1.77 bits per heavy atom. The summed E-state index contributed by atoms with van der Waals surface area (Å²) in [6, 6.07) is 14.9. The molecule has 0 unspecified atom stereocenters. The molecule has 3 aromatic rings. The maximum absolute atomic E-state index is 6.23. The molecule has 5 nitrogen and oxygen atoms in total. The molecule has 3 aromatic carbocycles. The highest BCUT2D eigenvalue weighted by molar-refractivity contribution is 9.10. The minimum Gasteiger partial charge on any atom is -0.493 e. The van der Waals surface area contributed by atoms with Crippen LogP contribution in [0.3, 0.4) is 0 Å². The number of fused-ring (bicyclic) bond motifs is 1. The number of benzene rings is 3. The third-order valence-electron chi connectivity index (χ3n) is 4.62. The van der Waals surface area contributed by atoms with Gasteiger partial charge in [-0.25, -0.2) is 0 Å². The predicted octanol–water partition coefficient (Wildman–Crippen LogP) is 6.68. The number of anilines is 1. The van der Waals surface area contributed by atoms with Gasteiger partial charge >= 0.3 is 0 Å². The Bertz CT molecular complexity index is 1060. The molecule has 0 fully saturated rings. The molecule has 1 aliphatic heterocycles. The Kier molecular flexibility index (Phi) is 6.46. The highest BCUT2D eigenvalue weighted by Gasteiger charge is 2.15. The molecule has 156 valence electrons. The van der Waals surface area contributed by atoms with Crippen LogP contribution in [0, 0.1) is 0 Å². The lowest BCUT2D eigenvalue weighted by Gasteiger charge is -2.16. The van der Waals surface area contributed by atoms with Gasteiger partial charge in [0.25, 0.3) is 0 Å². The number of rotatable bonds is 7. The van der Waals surface area contributed by atoms with Crippen LogP contribution in [0.5, 0.6) is 23.0 Å². The summed E-state index contributed by atoms with van der Waals surface area (Å²) in [6.45, 7) is 1.06. The second-order valence-corrected chi connectivity index (χ2v) is 8.17. The molecule has 30 heavy (non-hydrogen) atoms. The Morgan fingerprint density at radius 3 is 2.53 bits per heavy atom. The van der Waals surface area contributed by atoms with Crippen LogP contribution in [-0.4, -0.2) is 13.9 Å². The first kappa shape index (κ1) is 21.0. The van der Waals surface area contributed by atoms with Crippen LogP contribution < -0.4 is 24.3 Å². The summed E-state index contributed by atoms with van der Waals surface area (Å²) < 4.78 is 23.1. The number of hydrogen-bond donors (Lipinski definition) is 1. The maximum Gasteiger partial charge on any atom is 0.231 e. The van der Waals surface area contributed by atoms with Gasteiger partial charge in [0.05, 0.1) is 7.11 Å². The lowest BCUT2D eigenvalue weighted by molar-refractivity contribution is 0.174. The van der Waals surface area contributed by atoms with E-state index in [1.54, 1.807) is 25.3 Å². The molecular formula is C22H18BrCl2NO4. The van der Waals surface area contributed by atoms with Crippen LogP contribution in [0.4, 0.5) is 5.69 Å². The standard InChI is InChI=1S/C22H18BrCl2NO4/c1-27-20-7-13(10-26-14-5-6-19-21(8-14)30-12-29-19)16(23)9-22(20)28-11-15-17(24)3-2-4-18(15)25/h2-9,26H,10-12H2,1H3. The fraction of sp³-hybridized carbons (Fsp3) is 0.182. The van der Waals surface area contributed by atoms with Gasteiger partial charge in [-0.15, -0.1) is 0 Å². The van der Waals surface area contributed by atoms with Gasteiger partial charge in [-0.3, -0.25) is 0 Å². The quantitative estimate of drug-likeness (QED) is 0.384. The summed E-state index contributed by atoms with van der Waals surface area (Å²) >= 11 is 16.1. The number of nitrogens with one attached hydrogen (secondary N) is 1. The van der Waals surface area contributed by atoms with Gasteiger partial charge in [0.15, 0.2) is 23.0 Å². The molecular weight excluding hydrogens is 493 g/mol. The fourth-order valence-electron chi connectivity index (χ4n) is 3.01. The van der Waals surface area contributed by atoms with Gasteiger partial charge in [0.2, 0.25) is 6.79 Å². The van der Waals surface area contributed by atoms with Crippen LogP contribution >= 0.6 is 39.1 Å². The second kappa shape index (κ2) is 9.25. The van der Waals surface area contributed by atoms with Crippen molar-refractivity contribution in [3.8, 4) is 23.0 Å². The first-order chi connectivity index (χ1) is 14.5. The van der Waals surface area contributed by atoms with E-state index in [1.807, 2.05) is 30.3 Å². The Hall–Kier alpha value is -2.28. The van der Waals surface area contributed by atoms with E-state index >= 15 is 0 Å². The zero-order chi connectivity index (χ0) is 21.1. The van der Waals surface area contributed by atoms with Crippen molar-refractivity contribution in [1.29, 1.82) is 0 Å². The first-order valence-electron chi connectivity index (χ1n) is 9.11. The van der Waals surface area contributed by atoms with Crippen molar-refractivity contribution in [2.75, 3.05) is 19.2 Å². The molecule has 1 aliphatic rings. The minimum absolute atomic E-state index is 0.232. The normalized spacial score (nSPS) is 12.0. The van der Waals surface area contributed by atoms with Gasteiger partial charge < -0.3 is 24.3 Å². The number of halogens is 3. The van der Waals surface area contributed by atoms with Crippen molar-refractivity contribution >= 4 is 44.8 Å². The molecule has 0 radical (unpaired) electrons. The van der Waals surface area contributed by atoms with Crippen molar-refractivity contribution in [1.82, 2.24) is 0 Å². The van der Waals surface area contributed by atoms with Crippen molar-refractivity contribution in [2.45, 2.75) is 13.2 Å². The summed E-state index contributed by atoms with van der Waals surface area (Å²) in [7, 11) is 1.60. The van der Waals surface area contributed by atoms with Crippen molar-refractivity contribution in [3.63, 3.8) is 0 Å². The number of hydrogen-bond acceptors (Lipinski definition) is 5. The molecule has 0 spiro atoms. The smallest absolute Gasteiger partial charge is 0.231 e. The lowest BCUT2D eigenvalue weighted by atomic mass is 10.2. The Morgan fingerprint density at radius 1 is 1.00 bits per heavy atom. The van der Waals surface area contributed by atoms with E-state index in [1.165, 1.54) is 0 Å². The highest BCUT2D eigenvalue weighted by atomic mass is 79.9. The minimum atomic E-state index is 0.232. The molecule has 1 heterocycles. The first-order valence-corrected chi connectivity index (χ1v) is 10.7. The van der Waals surface area contributed by atoms with E-state index in [4.69, 9.17) is 42.1 Å². The summed E-state index contributed by atoms with van der Waals surface area (Å²) in [5.74, 6) is 2.69. The van der Waals surface area contributed by atoms with Crippen LogP contribution in [0.2, 0.25) is 10.0 Å². The topological polar surface area (TPSA) is 49.0 Å². The average Bonchev–Trinajstić information content (AvgIpc) is 3.20. The fourth-order valence-corrected chi connectivity index (χ4v) is 3.98. The predicted molar refractivity (Wildman–Crippen MR) is 121 cm³/mol. The molecule has 0 saturated carbocycles. The van der Waals surface area contributed by atoms with Crippen molar-refractivity contribution in [2.24, 2.45) is 0 Å². The summed E-state index contributed by atoms with van der Waals surface area (Å²) in [5, 5.41) is 4.50. The van der Waals surface area contributed by atoms with E-state index in [2.05, 4.69) is 21.2 Å². The van der Waals surface area contributed by atoms with Crippen LogP contribution in [0.15, 0.2) is 53.0 Å². The monoisotopic (exact) mass is 509 g/mol. The van der Waals surface area contributed by atoms with E-state index in [0.717, 1.165) is 32.8 Å². The van der Waals surface area contributed by atoms with Crippen LogP contribution in [-0.2, 0) is 13.2 Å². The zero-order valence-corrected chi connectivity index (χ0v) is 19.1. The van der Waals surface area contributed by atoms with Crippen LogP contribution in [0.1, 0.15) is 11.1 Å². The zero-order valence-electron chi connectivity index (χ0n) is 16.0. The van der Waals surface area contributed by atoms with Crippen molar-refractivity contribution < 1.29 is 18.9 Å². The Labute approximate surface area is 192 Å². The van der Waals surface area contributed by atoms with E-state index < -0.39 is 0 Å². The van der Waals surface area contributed by atoms with Gasteiger partial charge in [-0.2, -0.15) is 0 Å². The number of methoxy groups -OCH3 is 1. The largest absolute Gasteiger partial charge is 0.493 e. The van der Waals surface area contributed by atoms with Crippen LogP contribution in [0.25, 0.3) is 0 Å². The van der Waals surface area contributed by atoms with E-state index in [-0.39, 0.29) is 13.4 Å². The van der Waals surface area contributed by atoms with Gasteiger partial charge in [0, 0.05) is 38.4 Å². The van der Waals surface area contributed by atoms with E-state index in [9.17, 15) is 0 Å². The molecule has 8 heteroatoms. The average molecular weight is 511 g/mol. The third-order valence-corrected chi connectivity index (χ3v) is 6.07. The SMILES string of the molecule is COc1cc(CNc2ccc3c(c2)OCO3)c(Br)cc1OCc1c(Cl)cccc1Cl. The van der Waals surface area contributed by atoms with E-state index in [0.29, 0.717) is 28.1 Å². The molecule has 0 amide bonds. The molecule has 0 aromatic heterocycles. The van der Waals surface area contributed by atoms with Gasteiger partial charge in [-0.1, -0.05) is 45.2 Å². The summed E-state index contributed by atoms with van der Waals surface area (Å²) in [6.07, 6.45) is 0. The van der Waals surface area contributed by atoms with Gasteiger partial charge in [-0.05, 0) is 42.0 Å². The lowest BCUT2D eigenvalue weighted by Crippen LogP contribution is -2.03. The Balaban J connectivity index is 1.48. The highest BCUT2D eigenvalue weighted by Crippen LogP contribution is 2.37. The second-order valence-electron chi connectivity index (χ2n) is 6.50. The molecule has 0 saturated heterocycles. The molecule has 0 aliphatic carbocycles. The molecule has 1 N–H and O–H groups in total. The maximum atomic E-state index is 6.23. The van der Waals surface area contributed by atoms with Gasteiger partial charge in [0.1, 0.15) is 6.61 Å². The third kappa shape index (κ3) is 4.56. The number of ether oxygens (including phenoxy) is 4. The molecule has 4 rings (SSSR count). The summed E-state index contributed by atoms with van der Waals surface area (Å²) in [4.78, 5) is 0. The summed E-state index contributed by atoms with van der Waals surface area (Å²) in [5.41, 5.74) is 2.67. The molecule has 0 atom stereocenters. The molecule has 0 bridgehead atoms. The van der Waals surface area contributed by atoms with Crippen molar-refractivity contribution in [3.05, 3.63) is 74.2 Å².